The van der Waals surface area contributed by atoms with E-state index in [4.69, 9.17) is 5.11 Å². The summed E-state index contributed by atoms with van der Waals surface area (Å²) in [6.45, 7) is -4.96. The van der Waals surface area contributed by atoms with Gasteiger partial charge in [0.15, 0.2) is 0 Å². The Balaban J connectivity index is 2.76. The SMILES string of the molecule is OC1CCCC=C1[B-](F)(F)F. The van der Waals surface area contributed by atoms with E-state index in [0.29, 0.717) is 12.8 Å². The van der Waals surface area contributed by atoms with Crippen molar-refractivity contribution in [1.82, 2.24) is 0 Å². The van der Waals surface area contributed by atoms with Crippen LogP contribution in [0.2, 0.25) is 0 Å². The molecule has 1 nitrogen and oxygen atoms in total. The average Bonchev–Trinajstić information content (AvgIpc) is 1.86. The molecule has 0 bridgehead atoms. The molecule has 0 amide bonds. The zero-order valence-corrected chi connectivity index (χ0v) is 5.93. The monoisotopic (exact) mass is 165 g/mol. The maximum absolute atomic E-state index is 12.0. The Morgan fingerprint density at radius 2 is 2.09 bits per heavy atom. The molecule has 0 radical (unpaired) electrons. The minimum Gasteiger partial charge on any atom is -0.445 e. The van der Waals surface area contributed by atoms with E-state index < -0.39 is 18.6 Å². The molecule has 5 heteroatoms. The highest BCUT2D eigenvalue weighted by atomic mass is 19.4. The number of hydrogen-bond donors (Lipinski definition) is 1. The lowest BCUT2D eigenvalue weighted by atomic mass is 9.72. The van der Waals surface area contributed by atoms with Gasteiger partial charge < -0.3 is 18.1 Å². The van der Waals surface area contributed by atoms with E-state index in [1.54, 1.807) is 0 Å². The molecule has 1 aliphatic carbocycles. The molecule has 0 aromatic heterocycles. The van der Waals surface area contributed by atoms with E-state index in [-0.39, 0.29) is 6.42 Å². The molecule has 0 aromatic carbocycles. The molecule has 0 spiro atoms. The predicted octanol–water partition coefficient (Wildman–Crippen LogP) is 1.84. The van der Waals surface area contributed by atoms with Crippen LogP contribution in [0.25, 0.3) is 0 Å². The van der Waals surface area contributed by atoms with Gasteiger partial charge >= 0.3 is 6.98 Å². The van der Waals surface area contributed by atoms with Gasteiger partial charge in [-0.05, 0) is 19.3 Å². The van der Waals surface area contributed by atoms with Gasteiger partial charge in [0, 0.05) is 6.10 Å². The van der Waals surface area contributed by atoms with Crippen molar-refractivity contribution < 1.29 is 18.1 Å². The summed E-state index contributed by atoms with van der Waals surface area (Å²) >= 11 is 0. The van der Waals surface area contributed by atoms with E-state index in [0.717, 1.165) is 6.08 Å². The molecule has 0 saturated carbocycles. The lowest BCUT2D eigenvalue weighted by molar-refractivity contribution is 0.191. The third kappa shape index (κ3) is 1.99. The molecule has 64 valence electrons. The first-order valence-corrected chi connectivity index (χ1v) is 3.60. The predicted molar refractivity (Wildman–Crippen MR) is 37.0 cm³/mol. The molecule has 0 fully saturated rings. The van der Waals surface area contributed by atoms with E-state index in [1.165, 1.54) is 0 Å². The van der Waals surface area contributed by atoms with Crippen LogP contribution in [0.4, 0.5) is 12.9 Å². The zero-order valence-electron chi connectivity index (χ0n) is 5.93. The number of halogens is 3. The lowest BCUT2D eigenvalue weighted by Gasteiger charge is -2.27. The Bertz CT molecular complexity index is 175. The molecular weight excluding hydrogens is 156 g/mol. The van der Waals surface area contributed by atoms with Crippen molar-refractivity contribution >= 4 is 6.98 Å². The highest BCUT2D eigenvalue weighted by molar-refractivity contribution is 6.67. The Kier molecular flexibility index (Phi) is 2.27. The van der Waals surface area contributed by atoms with Crippen molar-refractivity contribution in [1.29, 1.82) is 0 Å². The fraction of sp³-hybridized carbons (Fsp3) is 0.667. The summed E-state index contributed by atoms with van der Waals surface area (Å²) in [4.78, 5) is 0. The molecule has 0 saturated heterocycles. The molecule has 11 heavy (non-hydrogen) atoms. The molecule has 1 N–H and O–H groups in total. The second-order valence-corrected chi connectivity index (χ2v) is 2.73. The zero-order chi connectivity index (χ0) is 8.48. The number of allylic oxidation sites excluding steroid dienone is 1. The molecule has 0 aliphatic heterocycles. The summed E-state index contributed by atoms with van der Waals surface area (Å²) in [5.74, 6) is 0. The maximum atomic E-state index is 12.0. The van der Waals surface area contributed by atoms with Gasteiger partial charge in [-0.2, -0.15) is 0 Å². The fourth-order valence-electron chi connectivity index (χ4n) is 1.23. The van der Waals surface area contributed by atoms with Crippen LogP contribution >= 0.6 is 0 Å². The van der Waals surface area contributed by atoms with E-state index in [2.05, 4.69) is 0 Å². The summed E-state index contributed by atoms with van der Waals surface area (Å²) in [6, 6.07) is 0. The van der Waals surface area contributed by atoms with Crippen LogP contribution < -0.4 is 0 Å². The molecular formula is C6H9BF3O-. The van der Waals surface area contributed by atoms with Crippen molar-refractivity contribution in [3.63, 3.8) is 0 Å². The first-order valence-electron chi connectivity index (χ1n) is 3.60. The lowest BCUT2D eigenvalue weighted by Crippen LogP contribution is -2.30. The topological polar surface area (TPSA) is 20.2 Å². The molecule has 1 rings (SSSR count). The van der Waals surface area contributed by atoms with Gasteiger partial charge in [-0.1, -0.05) is 0 Å². The first kappa shape index (κ1) is 8.65. The molecule has 0 heterocycles. The van der Waals surface area contributed by atoms with Crippen LogP contribution in [0.3, 0.4) is 0 Å². The van der Waals surface area contributed by atoms with Crippen LogP contribution in [0.15, 0.2) is 11.5 Å². The van der Waals surface area contributed by atoms with Crippen molar-refractivity contribution in [2.45, 2.75) is 25.4 Å². The van der Waals surface area contributed by atoms with Gasteiger partial charge in [0.25, 0.3) is 0 Å². The van der Waals surface area contributed by atoms with Crippen molar-refractivity contribution in [2.24, 2.45) is 0 Å². The highest BCUT2D eigenvalue weighted by Gasteiger charge is 2.33. The normalized spacial score (nSPS) is 26.5. The summed E-state index contributed by atoms with van der Waals surface area (Å²) < 4.78 is 36.1. The summed E-state index contributed by atoms with van der Waals surface area (Å²) in [5, 5.41) is 8.93. The number of hydrogen-bond acceptors (Lipinski definition) is 1. The van der Waals surface area contributed by atoms with Gasteiger partial charge in [0.05, 0.1) is 0 Å². The van der Waals surface area contributed by atoms with E-state index in [9.17, 15) is 12.9 Å². The third-order valence-corrected chi connectivity index (χ3v) is 1.82. The summed E-state index contributed by atoms with van der Waals surface area (Å²) in [6.07, 6.45) is 1.16. The summed E-state index contributed by atoms with van der Waals surface area (Å²) in [5.41, 5.74) is -0.712. The average molecular weight is 165 g/mol. The van der Waals surface area contributed by atoms with Crippen LogP contribution in [-0.2, 0) is 0 Å². The Morgan fingerprint density at radius 1 is 1.45 bits per heavy atom. The Labute approximate surface area is 63.0 Å². The van der Waals surface area contributed by atoms with Crippen molar-refractivity contribution in [3.05, 3.63) is 11.5 Å². The van der Waals surface area contributed by atoms with Gasteiger partial charge in [0.2, 0.25) is 0 Å². The fourth-order valence-corrected chi connectivity index (χ4v) is 1.23. The van der Waals surface area contributed by atoms with Crippen LogP contribution in [0.1, 0.15) is 19.3 Å². The minimum absolute atomic E-state index is 0.243. The quantitative estimate of drug-likeness (QED) is 0.587. The Morgan fingerprint density at radius 3 is 2.45 bits per heavy atom. The number of rotatable bonds is 1. The minimum atomic E-state index is -4.96. The van der Waals surface area contributed by atoms with Crippen LogP contribution in [0, 0.1) is 0 Å². The van der Waals surface area contributed by atoms with Crippen molar-refractivity contribution in [3.8, 4) is 0 Å². The van der Waals surface area contributed by atoms with E-state index in [1.807, 2.05) is 0 Å². The van der Waals surface area contributed by atoms with Crippen LogP contribution in [-0.4, -0.2) is 18.2 Å². The smallest absolute Gasteiger partial charge is 0.445 e. The molecule has 1 aliphatic rings. The second kappa shape index (κ2) is 2.89. The largest absolute Gasteiger partial charge is 0.507 e. The first-order chi connectivity index (χ1) is 5.02. The van der Waals surface area contributed by atoms with Gasteiger partial charge in [-0.15, -0.1) is 11.5 Å². The van der Waals surface area contributed by atoms with E-state index >= 15 is 0 Å². The summed E-state index contributed by atoms with van der Waals surface area (Å²) in [7, 11) is 0. The highest BCUT2D eigenvalue weighted by Crippen LogP contribution is 2.29. The van der Waals surface area contributed by atoms with Crippen molar-refractivity contribution in [2.75, 3.05) is 0 Å². The third-order valence-electron chi connectivity index (χ3n) is 1.82. The maximum Gasteiger partial charge on any atom is 0.507 e. The van der Waals surface area contributed by atoms with Gasteiger partial charge in [0.1, 0.15) is 0 Å². The second-order valence-electron chi connectivity index (χ2n) is 2.73. The number of aliphatic hydroxyl groups is 1. The molecule has 1 atom stereocenters. The molecule has 1 unspecified atom stereocenters. The van der Waals surface area contributed by atoms with Crippen LogP contribution in [0.5, 0.6) is 0 Å². The Hall–Kier alpha value is -0.445. The van der Waals surface area contributed by atoms with Gasteiger partial charge in [-0.3, -0.25) is 0 Å². The standard InChI is InChI=1S/C6H9BF3O/c8-7(9,10)5-3-1-2-4-6(5)11/h3,6,11H,1-2,4H2/q-1. The molecule has 0 aromatic rings. The van der Waals surface area contributed by atoms with Gasteiger partial charge in [-0.25, -0.2) is 0 Å². The number of aliphatic hydroxyl groups excluding tert-OH is 1.